The lowest BCUT2D eigenvalue weighted by atomic mass is 10.1. The van der Waals surface area contributed by atoms with Crippen LogP contribution in [0.15, 0.2) is 37.2 Å². The molecule has 0 saturated heterocycles. The zero-order chi connectivity index (χ0) is 20.8. The van der Waals surface area contributed by atoms with E-state index in [1.807, 2.05) is 22.3 Å². The summed E-state index contributed by atoms with van der Waals surface area (Å²) in [5, 5.41) is 8.55. The molecule has 4 aromatic rings. The largest absolute Gasteiger partial charge is 0.342 e. The molecule has 0 saturated carbocycles. The second-order valence-electron chi connectivity index (χ2n) is 7.46. The average Bonchev–Trinajstić information content (AvgIpc) is 3.42. The summed E-state index contributed by atoms with van der Waals surface area (Å²) in [4.78, 5) is 25.2. The summed E-state index contributed by atoms with van der Waals surface area (Å²) in [5.74, 6) is 3.43. The summed E-state index contributed by atoms with van der Waals surface area (Å²) < 4.78 is 3.83. The third kappa shape index (κ3) is 2.67. The van der Waals surface area contributed by atoms with Gasteiger partial charge in [-0.15, -0.1) is 10.2 Å². The number of hydrogen-bond donors (Lipinski definition) is 0. The van der Waals surface area contributed by atoms with E-state index in [0.29, 0.717) is 17.6 Å². The van der Waals surface area contributed by atoms with E-state index in [9.17, 15) is 0 Å². The van der Waals surface area contributed by atoms with Crippen molar-refractivity contribution in [3.8, 4) is 23.3 Å². The van der Waals surface area contributed by atoms with Gasteiger partial charge in [0.2, 0.25) is 5.95 Å². The Labute approximate surface area is 173 Å². The van der Waals surface area contributed by atoms with Gasteiger partial charge in [0, 0.05) is 30.8 Å². The molecule has 10 heteroatoms. The topological polar surface area (TPSA) is 103 Å². The normalized spacial score (nSPS) is 15.4. The van der Waals surface area contributed by atoms with Crippen molar-refractivity contribution in [3.63, 3.8) is 0 Å². The van der Waals surface area contributed by atoms with Gasteiger partial charge in [-0.3, -0.25) is 9.13 Å². The maximum absolute atomic E-state index is 4.99. The number of aromatic nitrogens is 9. The molecule has 0 spiro atoms. The zero-order valence-electron chi connectivity index (χ0n) is 17.3. The zero-order valence-corrected chi connectivity index (χ0v) is 17.3. The van der Waals surface area contributed by atoms with Gasteiger partial charge in [0.05, 0.1) is 11.7 Å². The highest BCUT2D eigenvalue weighted by molar-refractivity contribution is 5.65. The number of anilines is 1. The van der Waals surface area contributed by atoms with Crippen LogP contribution in [-0.2, 0) is 0 Å². The molecule has 0 aromatic carbocycles. The van der Waals surface area contributed by atoms with Gasteiger partial charge in [-0.05, 0) is 33.3 Å². The Kier molecular flexibility index (Phi) is 4.27. The molecule has 0 unspecified atom stereocenters. The van der Waals surface area contributed by atoms with E-state index in [1.54, 1.807) is 31.0 Å². The summed E-state index contributed by atoms with van der Waals surface area (Å²) in [6.07, 6.45) is 9.56. The molecule has 0 aliphatic carbocycles. The van der Waals surface area contributed by atoms with E-state index in [4.69, 9.17) is 9.97 Å². The third-order valence-corrected chi connectivity index (χ3v) is 5.29. The van der Waals surface area contributed by atoms with Gasteiger partial charge in [-0.1, -0.05) is 6.92 Å². The first-order valence-electron chi connectivity index (χ1n) is 9.98. The fourth-order valence-corrected chi connectivity index (χ4v) is 4.05. The number of nitrogens with zero attached hydrogens (tertiary/aromatic N) is 10. The molecule has 30 heavy (non-hydrogen) atoms. The molecular formula is C20H22N10. The van der Waals surface area contributed by atoms with Gasteiger partial charge in [0.15, 0.2) is 23.3 Å². The quantitative estimate of drug-likeness (QED) is 0.513. The first kappa shape index (κ1) is 18.3. The number of imidazole rings is 1. The predicted molar refractivity (Wildman–Crippen MR) is 110 cm³/mol. The van der Waals surface area contributed by atoms with Gasteiger partial charge in [-0.25, -0.2) is 19.9 Å². The average molecular weight is 402 g/mol. The molecule has 1 aliphatic heterocycles. The van der Waals surface area contributed by atoms with Crippen molar-refractivity contribution in [1.82, 2.24) is 44.3 Å². The molecule has 0 N–H and O–H groups in total. The fraction of sp³-hybridized carbons (Fsp3) is 0.350. The van der Waals surface area contributed by atoms with Gasteiger partial charge in [0.25, 0.3) is 0 Å². The highest BCUT2D eigenvalue weighted by Crippen LogP contribution is 2.40. The number of fused-ring (bicyclic) bond motifs is 3. The summed E-state index contributed by atoms with van der Waals surface area (Å²) in [6.45, 7) is 8.46. The maximum Gasteiger partial charge on any atom is 0.237 e. The van der Waals surface area contributed by atoms with Crippen LogP contribution in [0.3, 0.4) is 0 Å². The smallest absolute Gasteiger partial charge is 0.237 e. The minimum absolute atomic E-state index is 0.0851. The van der Waals surface area contributed by atoms with E-state index >= 15 is 0 Å². The molecule has 0 bridgehead atoms. The molecule has 1 aliphatic rings. The monoisotopic (exact) mass is 402 g/mol. The molecule has 1 atom stereocenters. The fourth-order valence-electron chi connectivity index (χ4n) is 4.05. The number of rotatable bonds is 4. The second kappa shape index (κ2) is 6.97. The van der Waals surface area contributed by atoms with Crippen LogP contribution in [0.25, 0.3) is 23.3 Å². The maximum atomic E-state index is 4.99. The van der Waals surface area contributed by atoms with Crippen LogP contribution in [0, 0.1) is 6.92 Å². The molecule has 10 nitrogen and oxygen atoms in total. The molecule has 0 fully saturated rings. The molecule has 5 rings (SSSR count). The van der Waals surface area contributed by atoms with Crippen LogP contribution in [0.5, 0.6) is 0 Å². The molecule has 152 valence electrons. The third-order valence-electron chi connectivity index (χ3n) is 5.29. The van der Waals surface area contributed by atoms with Gasteiger partial charge < -0.3 is 4.90 Å². The minimum atomic E-state index is 0.0851. The van der Waals surface area contributed by atoms with E-state index in [-0.39, 0.29) is 12.1 Å². The van der Waals surface area contributed by atoms with Gasteiger partial charge in [-0.2, -0.15) is 4.98 Å². The van der Waals surface area contributed by atoms with E-state index in [0.717, 1.165) is 29.4 Å². The summed E-state index contributed by atoms with van der Waals surface area (Å²) >= 11 is 0. The lowest BCUT2D eigenvalue weighted by molar-refractivity contribution is 0.496. The highest BCUT2D eigenvalue weighted by atomic mass is 15.4. The summed E-state index contributed by atoms with van der Waals surface area (Å²) in [6, 6.07) is 2.08. The van der Waals surface area contributed by atoms with Crippen molar-refractivity contribution >= 4 is 5.82 Å². The van der Waals surface area contributed by atoms with Crippen LogP contribution in [0.1, 0.15) is 44.8 Å². The Morgan fingerprint density at radius 2 is 1.83 bits per heavy atom. The minimum Gasteiger partial charge on any atom is -0.342 e. The molecule has 0 radical (unpaired) electrons. The van der Waals surface area contributed by atoms with Crippen molar-refractivity contribution in [2.75, 3.05) is 4.90 Å². The predicted octanol–water partition coefficient (Wildman–Crippen LogP) is 2.69. The van der Waals surface area contributed by atoms with Crippen molar-refractivity contribution in [3.05, 3.63) is 48.7 Å². The number of aryl methyl sites for hydroxylation is 1. The Hall–Kier alpha value is -3.69. The lowest BCUT2D eigenvalue weighted by Gasteiger charge is -2.40. The van der Waals surface area contributed by atoms with Gasteiger partial charge in [0.1, 0.15) is 12.0 Å². The highest BCUT2D eigenvalue weighted by Gasteiger charge is 2.36. The number of hydrogen-bond acceptors (Lipinski definition) is 8. The SMILES string of the molecule is CC[C@@H]1c2nncn2-c2c(C)nc(-n3ccnc3-c3ncccn3)nc2N1C(C)C. The van der Waals surface area contributed by atoms with Crippen molar-refractivity contribution < 1.29 is 0 Å². The second-order valence-corrected chi connectivity index (χ2v) is 7.46. The summed E-state index contributed by atoms with van der Waals surface area (Å²) in [7, 11) is 0. The van der Waals surface area contributed by atoms with E-state index in [2.05, 4.69) is 50.8 Å². The Bertz CT molecular complexity index is 1190. The van der Waals surface area contributed by atoms with Crippen LogP contribution >= 0.6 is 0 Å². The van der Waals surface area contributed by atoms with Crippen molar-refractivity contribution in [2.45, 2.75) is 46.2 Å². The first-order valence-corrected chi connectivity index (χ1v) is 9.98. The Morgan fingerprint density at radius 1 is 1.03 bits per heavy atom. The van der Waals surface area contributed by atoms with Crippen LogP contribution in [0.4, 0.5) is 5.82 Å². The van der Waals surface area contributed by atoms with E-state index in [1.165, 1.54) is 0 Å². The van der Waals surface area contributed by atoms with E-state index < -0.39 is 0 Å². The lowest BCUT2D eigenvalue weighted by Crippen LogP contribution is -2.41. The van der Waals surface area contributed by atoms with Crippen LogP contribution in [-0.4, -0.2) is 50.3 Å². The van der Waals surface area contributed by atoms with Crippen molar-refractivity contribution in [1.29, 1.82) is 0 Å². The first-order chi connectivity index (χ1) is 14.6. The Morgan fingerprint density at radius 3 is 2.57 bits per heavy atom. The molecular weight excluding hydrogens is 380 g/mol. The van der Waals surface area contributed by atoms with Crippen molar-refractivity contribution in [2.24, 2.45) is 0 Å². The molecule has 4 aromatic heterocycles. The molecule has 5 heterocycles. The van der Waals surface area contributed by atoms with Gasteiger partial charge >= 0.3 is 0 Å². The standard InChI is InChI=1S/C20H22N10/c1-5-14-17-27-24-11-29(17)15-13(4)25-20(26-18(15)30(14)12(2)3)28-10-9-23-19(28)16-21-7-6-8-22-16/h6-12,14H,5H2,1-4H3/t14-/m1/s1. The van der Waals surface area contributed by atoms with Crippen LogP contribution < -0.4 is 4.90 Å². The summed E-state index contributed by atoms with van der Waals surface area (Å²) in [5.41, 5.74) is 1.75. The Balaban J connectivity index is 1.73. The molecule has 0 amide bonds. The van der Waals surface area contributed by atoms with Crippen LogP contribution in [0.2, 0.25) is 0 Å².